The summed E-state index contributed by atoms with van der Waals surface area (Å²) >= 11 is 0. The highest BCUT2D eigenvalue weighted by molar-refractivity contribution is 5.83. The molecule has 0 N–H and O–H groups in total. The summed E-state index contributed by atoms with van der Waals surface area (Å²) in [6.07, 6.45) is -1.04. The number of carbonyl (C=O) groups is 1. The van der Waals surface area contributed by atoms with Gasteiger partial charge in [-0.25, -0.2) is 0 Å². The van der Waals surface area contributed by atoms with E-state index in [1.54, 1.807) is 12.3 Å². The van der Waals surface area contributed by atoms with Gasteiger partial charge in [-0.2, -0.15) is 13.2 Å². The third kappa shape index (κ3) is 3.38. The number of pyridine rings is 1. The zero-order chi connectivity index (χ0) is 14.8. The standard InChI is InChI=1S/C15H18F3NO/c1-10-5-4-8-19-13(10)9-14(20)11-6-2-3-7-12(11)15(16,17)18/h4-5,8,11-12H,2-3,6-7,9H2,1H3. The van der Waals surface area contributed by atoms with Crippen molar-refractivity contribution in [3.05, 3.63) is 29.6 Å². The van der Waals surface area contributed by atoms with E-state index in [-0.39, 0.29) is 18.6 Å². The van der Waals surface area contributed by atoms with Gasteiger partial charge < -0.3 is 0 Å². The fourth-order valence-corrected chi connectivity index (χ4v) is 2.91. The lowest BCUT2D eigenvalue weighted by atomic mass is 9.75. The molecule has 2 unspecified atom stereocenters. The molecule has 0 spiro atoms. The quantitative estimate of drug-likeness (QED) is 0.843. The Morgan fingerprint density at radius 1 is 1.35 bits per heavy atom. The van der Waals surface area contributed by atoms with Gasteiger partial charge in [-0.15, -0.1) is 0 Å². The first kappa shape index (κ1) is 15.0. The van der Waals surface area contributed by atoms with Gasteiger partial charge >= 0.3 is 6.18 Å². The summed E-state index contributed by atoms with van der Waals surface area (Å²) in [7, 11) is 0. The Morgan fingerprint density at radius 2 is 2.05 bits per heavy atom. The zero-order valence-corrected chi connectivity index (χ0v) is 11.4. The third-order valence-electron chi connectivity index (χ3n) is 4.06. The van der Waals surface area contributed by atoms with Crippen LogP contribution in [0, 0.1) is 18.8 Å². The van der Waals surface area contributed by atoms with Gasteiger partial charge in [-0.1, -0.05) is 18.9 Å². The zero-order valence-electron chi connectivity index (χ0n) is 11.4. The minimum Gasteiger partial charge on any atom is -0.299 e. The van der Waals surface area contributed by atoms with Gasteiger partial charge in [0, 0.05) is 18.5 Å². The van der Waals surface area contributed by atoms with Crippen molar-refractivity contribution >= 4 is 5.78 Å². The van der Waals surface area contributed by atoms with E-state index < -0.39 is 18.0 Å². The number of halogens is 3. The van der Waals surface area contributed by atoms with Crippen LogP contribution in [0.25, 0.3) is 0 Å². The van der Waals surface area contributed by atoms with Crippen LogP contribution in [-0.4, -0.2) is 16.9 Å². The molecule has 2 atom stereocenters. The molecule has 2 rings (SSSR count). The summed E-state index contributed by atoms with van der Waals surface area (Å²) in [5, 5.41) is 0. The van der Waals surface area contributed by atoms with E-state index in [0.717, 1.165) is 5.56 Å². The molecule has 0 saturated heterocycles. The highest BCUT2D eigenvalue weighted by Gasteiger charge is 2.47. The number of alkyl halides is 3. The second kappa shape index (κ2) is 5.94. The van der Waals surface area contributed by atoms with Crippen LogP contribution >= 0.6 is 0 Å². The molecule has 0 bridgehead atoms. The molecule has 0 aliphatic heterocycles. The lowest BCUT2D eigenvalue weighted by molar-refractivity contribution is -0.197. The highest BCUT2D eigenvalue weighted by Crippen LogP contribution is 2.42. The number of aromatic nitrogens is 1. The number of carbonyl (C=O) groups excluding carboxylic acids is 1. The molecule has 0 amide bonds. The molecule has 110 valence electrons. The van der Waals surface area contributed by atoms with Crippen LogP contribution in [0.15, 0.2) is 18.3 Å². The van der Waals surface area contributed by atoms with Crippen LogP contribution in [0.5, 0.6) is 0 Å². The normalized spacial score (nSPS) is 23.6. The number of ketones is 1. The Morgan fingerprint density at radius 3 is 2.70 bits per heavy atom. The van der Waals surface area contributed by atoms with Crippen molar-refractivity contribution < 1.29 is 18.0 Å². The molecular weight excluding hydrogens is 267 g/mol. The van der Waals surface area contributed by atoms with Crippen LogP contribution in [0.1, 0.15) is 36.9 Å². The van der Waals surface area contributed by atoms with E-state index in [1.165, 1.54) is 0 Å². The summed E-state index contributed by atoms with van der Waals surface area (Å²) in [5.41, 5.74) is 1.43. The maximum atomic E-state index is 13.0. The van der Waals surface area contributed by atoms with Crippen molar-refractivity contribution in [3.63, 3.8) is 0 Å². The predicted molar refractivity (Wildman–Crippen MR) is 69.2 cm³/mol. The monoisotopic (exact) mass is 285 g/mol. The minimum atomic E-state index is -4.28. The number of nitrogens with zero attached hydrogens (tertiary/aromatic N) is 1. The molecule has 20 heavy (non-hydrogen) atoms. The number of hydrogen-bond acceptors (Lipinski definition) is 2. The lowest BCUT2D eigenvalue weighted by Crippen LogP contribution is -2.38. The maximum absolute atomic E-state index is 13.0. The van der Waals surface area contributed by atoms with Crippen LogP contribution in [0.3, 0.4) is 0 Å². The number of aryl methyl sites for hydroxylation is 1. The fraction of sp³-hybridized carbons (Fsp3) is 0.600. The van der Waals surface area contributed by atoms with Crippen LogP contribution < -0.4 is 0 Å². The van der Waals surface area contributed by atoms with Gasteiger partial charge in [0.25, 0.3) is 0 Å². The van der Waals surface area contributed by atoms with Crippen molar-refractivity contribution in [2.75, 3.05) is 0 Å². The van der Waals surface area contributed by atoms with E-state index in [4.69, 9.17) is 0 Å². The number of Topliss-reactive ketones (excluding diaryl/α,β-unsaturated/α-hetero) is 1. The second-order valence-corrected chi connectivity index (χ2v) is 5.45. The van der Waals surface area contributed by atoms with E-state index >= 15 is 0 Å². The van der Waals surface area contributed by atoms with E-state index in [1.807, 2.05) is 13.0 Å². The van der Waals surface area contributed by atoms with E-state index in [2.05, 4.69) is 4.98 Å². The highest BCUT2D eigenvalue weighted by atomic mass is 19.4. The molecule has 1 saturated carbocycles. The van der Waals surface area contributed by atoms with Crippen molar-refractivity contribution in [3.8, 4) is 0 Å². The van der Waals surface area contributed by atoms with E-state index in [9.17, 15) is 18.0 Å². The number of rotatable bonds is 3. The van der Waals surface area contributed by atoms with Crippen LogP contribution in [0.2, 0.25) is 0 Å². The van der Waals surface area contributed by atoms with Gasteiger partial charge in [-0.3, -0.25) is 9.78 Å². The molecule has 2 nitrogen and oxygen atoms in total. The van der Waals surface area contributed by atoms with Gasteiger partial charge in [0.05, 0.1) is 11.6 Å². The van der Waals surface area contributed by atoms with Crippen molar-refractivity contribution in [1.29, 1.82) is 0 Å². The molecule has 1 aromatic rings. The third-order valence-corrected chi connectivity index (χ3v) is 4.06. The summed E-state index contributed by atoms with van der Waals surface area (Å²) in [6, 6.07) is 3.57. The number of hydrogen-bond donors (Lipinski definition) is 0. The van der Waals surface area contributed by atoms with Crippen molar-refractivity contribution in [1.82, 2.24) is 4.98 Å². The SMILES string of the molecule is Cc1cccnc1CC(=O)C1CCCCC1C(F)(F)F. The first-order chi connectivity index (χ1) is 9.39. The Kier molecular flexibility index (Phi) is 4.45. The fourth-order valence-electron chi connectivity index (χ4n) is 2.91. The Bertz CT molecular complexity index is 484. The van der Waals surface area contributed by atoms with Gasteiger partial charge in [-0.05, 0) is 31.4 Å². The molecule has 1 aromatic heterocycles. The molecule has 0 radical (unpaired) electrons. The Labute approximate surface area is 116 Å². The summed E-state index contributed by atoms with van der Waals surface area (Å²) in [4.78, 5) is 16.3. The minimum absolute atomic E-state index is 0.00389. The Balaban J connectivity index is 2.13. The first-order valence-corrected chi connectivity index (χ1v) is 6.89. The summed E-state index contributed by atoms with van der Waals surface area (Å²) in [5.74, 6) is -2.70. The molecular formula is C15H18F3NO. The topological polar surface area (TPSA) is 30.0 Å². The summed E-state index contributed by atoms with van der Waals surface area (Å²) < 4.78 is 39.0. The van der Waals surface area contributed by atoms with Crippen molar-refractivity contribution in [2.45, 2.75) is 45.2 Å². The summed E-state index contributed by atoms with van der Waals surface area (Å²) in [6.45, 7) is 1.82. The Hall–Kier alpha value is -1.39. The van der Waals surface area contributed by atoms with Crippen LogP contribution in [0.4, 0.5) is 13.2 Å². The van der Waals surface area contributed by atoms with Gasteiger partial charge in [0.15, 0.2) is 0 Å². The second-order valence-electron chi connectivity index (χ2n) is 5.45. The molecule has 1 fully saturated rings. The van der Waals surface area contributed by atoms with Gasteiger partial charge in [0.2, 0.25) is 0 Å². The largest absolute Gasteiger partial charge is 0.392 e. The molecule has 0 aromatic carbocycles. The predicted octanol–water partition coefficient (Wildman–Crippen LogP) is 3.87. The molecule has 1 aliphatic carbocycles. The van der Waals surface area contributed by atoms with Gasteiger partial charge in [0.1, 0.15) is 5.78 Å². The lowest BCUT2D eigenvalue weighted by Gasteiger charge is -2.32. The molecule has 5 heteroatoms. The average Bonchev–Trinajstić information content (AvgIpc) is 2.40. The maximum Gasteiger partial charge on any atom is 0.392 e. The van der Waals surface area contributed by atoms with E-state index in [0.29, 0.717) is 25.0 Å². The van der Waals surface area contributed by atoms with Crippen LogP contribution in [-0.2, 0) is 11.2 Å². The smallest absolute Gasteiger partial charge is 0.299 e. The average molecular weight is 285 g/mol. The molecule has 1 heterocycles. The van der Waals surface area contributed by atoms with Crippen molar-refractivity contribution in [2.24, 2.45) is 11.8 Å². The first-order valence-electron chi connectivity index (χ1n) is 6.89. The molecule has 1 aliphatic rings.